The summed E-state index contributed by atoms with van der Waals surface area (Å²) in [5.41, 5.74) is 0.0191. The Morgan fingerprint density at radius 2 is 1.62 bits per heavy atom. The molecule has 4 aliphatic rings. The number of amides is 3. The number of rotatable bonds is 6. The maximum Gasteiger partial charge on any atom is 0.320 e. The lowest BCUT2D eigenvalue weighted by atomic mass is 9.63. The molecule has 2 aliphatic carbocycles. The second kappa shape index (κ2) is 10.9. The number of carboxylic acids is 1. The Hall–Kier alpha value is -2.81. The molecule has 0 aromatic heterocycles. The number of nitrogens with zero attached hydrogens (tertiary/aromatic N) is 4. The van der Waals surface area contributed by atoms with Gasteiger partial charge in [-0.05, 0) is 57.1 Å². The van der Waals surface area contributed by atoms with Crippen molar-refractivity contribution in [1.29, 1.82) is 0 Å². The zero-order valence-electron chi connectivity index (χ0n) is 21.9. The molecule has 1 aromatic carbocycles. The summed E-state index contributed by atoms with van der Waals surface area (Å²) in [7, 11) is 0. The van der Waals surface area contributed by atoms with Gasteiger partial charge in [0.2, 0.25) is 5.91 Å². The molecule has 9 nitrogen and oxygen atoms in total. The van der Waals surface area contributed by atoms with Crippen molar-refractivity contribution in [3.8, 4) is 0 Å². The van der Waals surface area contributed by atoms with Crippen LogP contribution >= 0.6 is 0 Å². The third-order valence-corrected chi connectivity index (χ3v) is 8.81. The highest BCUT2D eigenvalue weighted by Gasteiger charge is 2.51. The van der Waals surface area contributed by atoms with Crippen LogP contribution < -0.4 is 4.90 Å². The van der Waals surface area contributed by atoms with E-state index >= 15 is 0 Å². The molecule has 202 valence electrons. The number of urea groups is 1. The number of piperazine rings is 1. The molecule has 1 N–H and O–H groups in total. The fourth-order valence-corrected chi connectivity index (χ4v) is 6.38. The Balaban J connectivity index is 1.22. The van der Waals surface area contributed by atoms with Gasteiger partial charge in [-0.2, -0.15) is 0 Å². The first-order valence-electron chi connectivity index (χ1n) is 13.8. The number of aliphatic carboxylic acids is 1. The van der Waals surface area contributed by atoms with Crippen LogP contribution in [0.25, 0.3) is 0 Å². The average molecular weight is 513 g/mol. The highest BCUT2D eigenvalue weighted by molar-refractivity contribution is 5.87. The molecule has 3 atom stereocenters. The lowest BCUT2D eigenvalue weighted by Crippen LogP contribution is -2.56. The number of ether oxygens (including phenoxy) is 1. The fourth-order valence-electron chi connectivity index (χ4n) is 6.38. The average Bonchev–Trinajstić information content (AvgIpc) is 3.77. The van der Waals surface area contributed by atoms with Crippen molar-refractivity contribution < 1.29 is 24.2 Å². The molecule has 2 heterocycles. The van der Waals surface area contributed by atoms with Crippen molar-refractivity contribution in [2.45, 2.75) is 45.1 Å². The number of anilines is 1. The van der Waals surface area contributed by atoms with E-state index in [0.29, 0.717) is 58.8 Å². The number of hydrogen-bond donors (Lipinski definition) is 1. The van der Waals surface area contributed by atoms with Gasteiger partial charge in [-0.25, -0.2) is 4.79 Å². The molecule has 1 unspecified atom stereocenters. The number of carbonyl (C=O) groups excluding carboxylic acids is 2. The predicted molar refractivity (Wildman–Crippen MR) is 139 cm³/mol. The lowest BCUT2D eigenvalue weighted by molar-refractivity contribution is -0.163. The minimum Gasteiger partial charge on any atom is -0.481 e. The maximum absolute atomic E-state index is 13.6. The number of benzene rings is 1. The summed E-state index contributed by atoms with van der Waals surface area (Å²) in [5.74, 6) is -1.39. The molecule has 0 radical (unpaired) electrons. The molecule has 0 spiro atoms. The third kappa shape index (κ3) is 5.56. The Kier molecular flexibility index (Phi) is 7.60. The van der Waals surface area contributed by atoms with Crippen LogP contribution in [-0.2, 0) is 14.3 Å². The molecule has 9 heteroatoms. The molecule has 2 saturated heterocycles. The third-order valence-electron chi connectivity index (χ3n) is 8.81. The Labute approximate surface area is 219 Å². The second-order valence-electron chi connectivity index (χ2n) is 11.3. The number of carbonyl (C=O) groups is 3. The van der Waals surface area contributed by atoms with Crippen molar-refractivity contribution in [3.05, 3.63) is 30.3 Å². The smallest absolute Gasteiger partial charge is 0.320 e. The Morgan fingerprint density at radius 3 is 2.24 bits per heavy atom. The monoisotopic (exact) mass is 512 g/mol. The predicted octanol–water partition coefficient (Wildman–Crippen LogP) is 2.76. The zero-order valence-corrected chi connectivity index (χ0v) is 21.9. The van der Waals surface area contributed by atoms with Gasteiger partial charge in [-0.1, -0.05) is 18.2 Å². The van der Waals surface area contributed by atoms with Gasteiger partial charge in [0.15, 0.2) is 0 Å². The van der Waals surface area contributed by atoms with Crippen LogP contribution in [0.15, 0.2) is 30.3 Å². The number of hydrogen-bond acceptors (Lipinski definition) is 5. The summed E-state index contributed by atoms with van der Waals surface area (Å²) >= 11 is 0. The molecule has 5 rings (SSSR count). The minimum absolute atomic E-state index is 0.0282. The maximum atomic E-state index is 13.6. The standard InChI is InChI=1S/C28H40N4O5/c1-28(26(34)35)19-21(20-32(23-8-9-23)27(36)31-15-17-37-18-16-31)7-10-24(28)25(33)30-13-11-29(12-14-30)22-5-3-2-4-6-22/h2-6,21,23-24H,7-20H2,1H3,(H,34,35)/t21?,24-,28+/m1/s1. The van der Waals surface area contributed by atoms with Gasteiger partial charge in [0.05, 0.1) is 24.5 Å². The van der Waals surface area contributed by atoms with Crippen LogP contribution in [0.1, 0.15) is 39.0 Å². The van der Waals surface area contributed by atoms with E-state index < -0.39 is 17.3 Å². The normalized spacial score (nSPS) is 28.6. The van der Waals surface area contributed by atoms with Crippen molar-refractivity contribution in [2.24, 2.45) is 17.3 Å². The van der Waals surface area contributed by atoms with Gasteiger partial charge >= 0.3 is 12.0 Å². The molecule has 1 aromatic rings. The van der Waals surface area contributed by atoms with E-state index in [1.807, 2.05) is 32.9 Å². The first kappa shape index (κ1) is 25.8. The van der Waals surface area contributed by atoms with Gasteiger partial charge in [0.1, 0.15) is 0 Å². The Morgan fingerprint density at radius 1 is 0.946 bits per heavy atom. The fraction of sp³-hybridized carbons (Fsp3) is 0.679. The summed E-state index contributed by atoms with van der Waals surface area (Å²) in [6, 6.07) is 10.5. The molecule has 4 fully saturated rings. The van der Waals surface area contributed by atoms with Gasteiger partial charge in [-0.15, -0.1) is 0 Å². The largest absolute Gasteiger partial charge is 0.481 e. The first-order chi connectivity index (χ1) is 17.9. The minimum atomic E-state index is -1.13. The molecule has 2 aliphatic heterocycles. The van der Waals surface area contributed by atoms with Crippen LogP contribution in [0.4, 0.5) is 10.5 Å². The lowest BCUT2D eigenvalue weighted by Gasteiger charge is -2.45. The Bertz CT molecular complexity index is 972. The van der Waals surface area contributed by atoms with Gasteiger partial charge in [0.25, 0.3) is 0 Å². The molecule has 2 saturated carbocycles. The first-order valence-corrected chi connectivity index (χ1v) is 13.8. The molecule has 37 heavy (non-hydrogen) atoms. The van der Waals surface area contributed by atoms with Crippen molar-refractivity contribution in [2.75, 3.05) is 63.9 Å². The zero-order chi connectivity index (χ0) is 26.0. The molecular formula is C28H40N4O5. The molecule has 0 bridgehead atoms. The van der Waals surface area contributed by atoms with Crippen LogP contribution in [0.2, 0.25) is 0 Å². The summed E-state index contributed by atoms with van der Waals surface area (Å²) in [5, 5.41) is 10.3. The summed E-state index contributed by atoms with van der Waals surface area (Å²) < 4.78 is 5.41. The van der Waals surface area contributed by atoms with Crippen LogP contribution in [-0.4, -0.2) is 103 Å². The summed E-state index contributed by atoms with van der Waals surface area (Å²) in [4.78, 5) is 47.5. The highest BCUT2D eigenvalue weighted by Crippen LogP contribution is 2.46. The number of para-hydroxylation sites is 1. The quantitative estimate of drug-likeness (QED) is 0.630. The van der Waals surface area contributed by atoms with Gasteiger partial charge < -0.3 is 29.4 Å². The van der Waals surface area contributed by atoms with E-state index in [1.54, 1.807) is 6.92 Å². The SMILES string of the molecule is C[C@]1(C(=O)O)CC(CN(C(=O)N2CCOCC2)C2CC2)CC[C@@H]1C(=O)N1CCN(c2ccccc2)CC1. The summed E-state index contributed by atoms with van der Waals surface area (Å²) in [6.07, 6.45) is 3.75. The van der Waals surface area contributed by atoms with E-state index in [0.717, 1.165) is 38.0 Å². The van der Waals surface area contributed by atoms with E-state index in [1.165, 1.54) is 0 Å². The van der Waals surface area contributed by atoms with E-state index in [9.17, 15) is 19.5 Å². The van der Waals surface area contributed by atoms with Crippen LogP contribution in [0.5, 0.6) is 0 Å². The molecular weight excluding hydrogens is 472 g/mol. The number of carboxylic acid groups (broad SMARTS) is 1. The number of morpholine rings is 1. The van der Waals surface area contributed by atoms with E-state index in [2.05, 4.69) is 17.0 Å². The van der Waals surface area contributed by atoms with Crippen LogP contribution in [0.3, 0.4) is 0 Å². The van der Waals surface area contributed by atoms with Crippen molar-refractivity contribution in [3.63, 3.8) is 0 Å². The highest BCUT2D eigenvalue weighted by atomic mass is 16.5. The van der Waals surface area contributed by atoms with E-state index in [-0.39, 0.29) is 23.9 Å². The van der Waals surface area contributed by atoms with Gasteiger partial charge in [-0.3, -0.25) is 9.59 Å². The second-order valence-corrected chi connectivity index (χ2v) is 11.3. The van der Waals surface area contributed by atoms with E-state index in [4.69, 9.17) is 4.74 Å². The summed E-state index contributed by atoms with van der Waals surface area (Å²) in [6.45, 7) is 7.35. The molecule has 3 amide bonds. The van der Waals surface area contributed by atoms with Crippen molar-refractivity contribution >= 4 is 23.6 Å². The van der Waals surface area contributed by atoms with Crippen LogP contribution in [0, 0.1) is 17.3 Å². The topological polar surface area (TPSA) is 93.6 Å². The van der Waals surface area contributed by atoms with Crippen molar-refractivity contribution in [1.82, 2.24) is 14.7 Å². The van der Waals surface area contributed by atoms with Gasteiger partial charge in [0, 0.05) is 57.5 Å².